The number of nitrogens with zero attached hydrogens (tertiary/aromatic N) is 1. The van der Waals surface area contributed by atoms with E-state index in [1.807, 2.05) is 31.2 Å². The van der Waals surface area contributed by atoms with Crippen LogP contribution in [0.25, 0.3) is 0 Å². The number of hydrogen-bond donors (Lipinski definition) is 0. The Morgan fingerprint density at radius 2 is 1.89 bits per heavy atom. The van der Waals surface area contributed by atoms with Crippen molar-refractivity contribution in [2.24, 2.45) is 11.8 Å². The molecule has 0 aromatic heterocycles. The van der Waals surface area contributed by atoms with Gasteiger partial charge in [0, 0.05) is 31.6 Å². The lowest BCUT2D eigenvalue weighted by Gasteiger charge is -2.16. The molecule has 2 aliphatic rings. The first-order chi connectivity index (χ1) is 9.24. The molecule has 2 atom stereocenters. The quantitative estimate of drug-likeness (QED) is 0.771. The molecule has 1 heterocycles. The van der Waals surface area contributed by atoms with Gasteiger partial charge >= 0.3 is 0 Å². The molecule has 1 saturated heterocycles. The van der Waals surface area contributed by atoms with Gasteiger partial charge in [-0.1, -0.05) is 30.7 Å². The van der Waals surface area contributed by atoms with Crippen molar-refractivity contribution in [1.29, 1.82) is 0 Å². The van der Waals surface area contributed by atoms with Crippen molar-refractivity contribution in [1.82, 2.24) is 4.90 Å². The fourth-order valence-electron chi connectivity index (χ4n) is 3.79. The van der Waals surface area contributed by atoms with E-state index in [1.54, 1.807) is 0 Å². The zero-order valence-electron chi connectivity index (χ0n) is 11.8. The van der Waals surface area contributed by atoms with Crippen LogP contribution in [0.15, 0.2) is 24.3 Å². The summed E-state index contributed by atoms with van der Waals surface area (Å²) >= 11 is 0. The van der Waals surface area contributed by atoms with Crippen LogP contribution in [-0.2, 0) is 0 Å². The minimum Gasteiger partial charge on any atom is -0.302 e. The monoisotopic (exact) mass is 257 g/mol. The number of Topliss-reactive ketones (excluding diaryl/α,β-unsaturated/α-hetero) is 1. The van der Waals surface area contributed by atoms with Gasteiger partial charge in [-0.25, -0.2) is 0 Å². The summed E-state index contributed by atoms with van der Waals surface area (Å²) in [5.74, 6) is 2.15. The Morgan fingerprint density at radius 3 is 2.58 bits per heavy atom. The van der Waals surface area contributed by atoms with Gasteiger partial charge in [0.2, 0.25) is 0 Å². The van der Waals surface area contributed by atoms with Crippen LogP contribution in [0.3, 0.4) is 0 Å². The molecule has 0 spiro atoms. The van der Waals surface area contributed by atoms with E-state index in [-0.39, 0.29) is 0 Å². The number of benzene rings is 1. The molecule has 0 N–H and O–H groups in total. The maximum atomic E-state index is 12.2. The Kier molecular flexibility index (Phi) is 3.69. The molecule has 0 bridgehead atoms. The van der Waals surface area contributed by atoms with Gasteiger partial charge < -0.3 is 4.90 Å². The summed E-state index contributed by atoms with van der Waals surface area (Å²) in [5, 5.41) is 0. The number of ketones is 1. The van der Waals surface area contributed by atoms with E-state index in [0.717, 1.165) is 29.5 Å². The van der Waals surface area contributed by atoms with Crippen molar-refractivity contribution in [3.8, 4) is 0 Å². The number of likely N-dealkylation sites (tertiary alicyclic amines) is 1. The molecular weight excluding hydrogens is 234 g/mol. The minimum atomic E-state index is 0.301. The second-order valence-corrected chi connectivity index (χ2v) is 6.20. The van der Waals surface area contributed by atoms with E-state index in [4.69, 9.17) is 0 Å². The van der Waals surface area contributed by atoms with Crippen LogP contribution < -0.4 is 0 Å². The lowest BCUT2D eigenvalue weighted by Crippen LogP contribution is -2.25. The van der Waals surface area contributed by atoms with Gasteiger partial charge in [-0.05, 0) is 37.2 Å². The largest absolute Gasteiger partial charge is 0.302 e. The summed E-state index contributed by atoms with van der Waals surface area (Å²) in [6.07, 6.45) is 4.91. The first kappa shape index (κ1) is 12.9. The van der Waals surface area contributed by atoms with Crippen LogP contribution in [0.1, 0.15) is 41.6 Å². The smallest absolute Gasteiger partial charge is 0.164 e. The Morgan fingerprint density at radius 1 is 1.21 bits per heavy atom. The number of aryl methyl sites for hydroxylation is 1. The first-order valence-corrected chi connectivity index (χ1v) is 7.55. The van der Waals surface area contributed by atoms with Crippen LogP contribution in [0.2, 0.25) is 0 Å². The molecule has 1 aliphatic heterocycles. The van der Waals surface area contributed by atoms with Crippen molar-refractivity contribution >= 4 is 5.78 Å². The van der Waals surface area contributed by atoms with Crippen molar-refractivity contribution in [3.63, 3.8) is 0 Å². The summed E-state index contributed by atoms with van der Waals surface area (Å²) in [6, 6.07) is 7.93. The Labute approximate surface area is 115 Å². The molecule has 102 valence electrons. The Hall–Kier alpha value is -1.15. The van der Waals surface area contributed by atoms with Crippen molar-refractivity contribution < 1.29 is 4.79 Å². The van der Waals surface area contributed by atoms with Gasteiger partial charge in [-0.2, -0.15) is 0 Å². The van der Waals surface area contributed by atoms with E-state index in [0.29, 0.717) is 12.2 Å². The molecule has 1 saturated carbocycles. The van der Waals surface area contributed by atoms with Crippen LogP contribution in [0.4, 0.5) is 0 Å². The van der Waals surface area contributed by atoms with Crippen LogP contribution in [-0.4, -0.2) is 30.3 Å². The topological polar surface area (TPSA) is 20.3 Å². The Bertz CT molecular complexity index is 456. The zero-order chi connectivity index (χ0) is 13.2. The minimum absolute atomic E-state index is 0.301. The molecule has 3 rings (SSSR count). The molecule has 1 aliphatic carbocycles. The average molecular weight is 257 g/mol. The van der Waals surface area contributed by atoms with Gasteiger partial charge in [0.1, 0.15) is 0 Å². The number of fused-ring (bicyclic) bond motifs is 1. The molecular formula is C17H23NO. The van der Waals surface area contributed by atoms with Crippen molar-refractivity contribution in [2.75, 3.05) is 19.6 Å². The van der Waals surface area contributed by atoms with E-state index < -0.39 is 0 Å². The molecule has 0 radical (unpaired) electrons. The highest BCUT2D eigenvalue weighted by Crippen LogP contribution is 2.37. The molecule has 2 unspecified atom stereocenters. The molecule has 2 nitrogen and oxygen atoms in total. The summed E-state index contributed by atoms with van der Waals surface area (Å²) in [5.41, 5.74) is 2.01. The number of carbonyl (C=O) groups excluding carboxylic acids is 1. The molecule has 19 heavy (non-hydrogen) atoms. The highest BCUT2D eigenvalue weighted by molar-refractivity contribution is 5.97. The van der Waals surface area contributed by atoms with Gasteiger partial charge in [-0.3, -0.25) is 4.79 Å². The summed E-state index contributed by atoms with van der Waals surface area (Å²) in [4.78, 5) is 14.7. The molecule has 1 aromatic carbocycles. The second kappa shape index (κ2) is 5.46. The summed E-state index contributed by atoms with van der Waals surface area (Å²) in [6.45, 7) is 5.42. The maximum Gasteiger partial charge on any atom is 0.164 e. The van der Waals surface area contributed by atoms with Crippen LogP contribution in [0.5, 0.6) is 0 Å². The third-order valence-electron chi connectivity index (χ3n) is 4.90. The van der Waals surface area contributed by atoms with Gasteiger partial charge in [0.25, 0.3) is 0 Å². The second-order valence-electron chi connectivity index (χ2n) is 6.20. The van der Waals surface area contributed by atoms with Crippen LogP contribution in [0, 0.1) is 18.8 Å². The fourth-order valence-corrected chi connectivity index (χ4v) is 3.79. The van der Waals surface area contributed by atoms with E-state index in [2.05, 4.69) is 4.90 Å². The number of hydrogen-bond acceptors (Lipinski definition) is 2. The average Bonchev–Trinajstić information content (AvgIpc) is 2.97. The Balaban J connectivity index is 1.53. The normalized spacial score (nSPS) is 26.6. The van der Waals surface area contributed by atoms with E-state index in [9.17, 15) is 4.79 Å². The third-order valence-corrected chi connectivity index (χ3v) is 4.90. The maximum absolute atomic E-state index is 12.2. The SMILES string of the molecule is Cc1ccccc1C(=O)CCN1CC2CCCC2C1. The van der Waals surface area contributed by atoms with E-state index >= 15 is 0 Å². The lowest BCUT2D eigenvalue weighted by molar-refractivity contribution is 0.0966. The highest BCUT2D eigenvalue weighted by Gasteiger charge is 2.35. The molecule has 0 amide bonds. The molecule has 2 heteroatoms. The molecule has 1 aromatic rings. The van der Waals surface area contributed by atoms with Gasteiger partial charge in [-0.15, -0.1) is 0 Å². The number of rotatable bonds is 4. The summed E-state index contributed by atoms with van der Waals surface area (Å²) in [7, 11) is 0. The zero-order valence-corrected chi connectivity index (χ0v) is 11.8. The van der Waals surface area contributed by atoms with Crippen molar-refractivity contribution in [2.45, 2.75) is 32.6 Å². The first-order valence-electron chi connectivity index (χ1n) is 7.55. The van der Waals surface area contributed by atoms with Gasteiger partial charge in [0.15, 0.2) is 5.78 Å². The molecule has 2 fully saturated rings. The third kappa shape index (κ3) is 2.74. The van der Waals surface area contributed by atoms with Crippen LogP contribution >= 0.6 is 0 Å². The van der Waals surface area contributed by atoms with Gasteiger partial charge in [0.05, 0.1) is 0 Å². The predicted molar refractivity (Wildman–Crippen MR) is 77.4 cm³/mol. The van der Waals surface area contributed by atoms with E-state index in [1.165, 1.54) is 32.4 Å². The number of carbonyl (C=O) groups is 1. The standard InChI is InChI=1S/C17H23NO/c1-13-5-2-3-8-16(13)17(19)9-10-18-11-14-6-4-7-15(14)12-18/h2-3,5,8,14-15H,4,6-7,9-12H2,1H3. The lowest BCUT2D eigenvalue weighted by atomic mass is 10.0. The highest BCUT2D eigenvalue weighted by atomic mass is 16.1. The van der Waals surface area contributed by atoms with Crippen molar-refractivity contribution in [3.05, 3.63) is 35.4 Å². The predicted octanol–water partition coefficient (Wildman–Crippen LogP) is 3.30. The fraction of sp³-hybridized carbons (Fsp3) is 0.588. The summed E-state index contributed by atoms with van der Waals surface area (Å²) < 4.78 is 0.